The van der Waals surface area contributed by atoms with Gasteiger partial charge < -0.3 is 10.6 Å². The molecule has 0 spiro atoms. The minimum absolute atomic E-state index is 0.0802. The van der Waals surface area contributed by atoms with Crippen LogP contribution in [0.15, 0.2) is 60.0 Å². The number of anilines is 1. The summed E-state index contributed by atoms with van der Waals surface area (Å²) >= 11 is 1.42. The minimum atomic E-state index is -0.123. The highest BCUT2D eigenvalue weighted by molar-refractivity contribution is 7.12. The third-order valence-electron chi connectivity index (χ3n) is 4.77. The Hall–Kier alpha value is -2.92. The van der Waals surface area contributed by atoms with E-state index in [1.807, 2.05) is 29.6 Å². The molecule has 0 saturated heterocycles. The zero-order valence-electron chi connectivity index (χ0n) is 14.8. The molecular formula is C22H20N2O2S. The van der Waals surface area contributed by atoms with Gasteiger partial charge >= 0.3 is 0 Å². The van der Waals surface area contributed by atoms with Crippen LogP contribution in [-0.4, -0.2) is 11.8 Å². The molecule has 1 heterocycles. The van der Waals surface area contributed by atoms with Crippen molar-refractivity contribution in [3.63, 3.8) is 0 Å². The van der Waals surface area contributed by atoms with Crippen molar-refractivity contribution < 1.29 is 9.59 Å². The molecule has 2 amide bonds. The normalized spacial score (nSPS) is 12.4. The molecule has 0 unspecified atom stereocenters. The van der Waals surface area contributed by atoms with Crippen LogP contribution in [0.2, 0.25) is 0 Å². The van der Waals surface area contributed by atoms with Crippen molar-refractivity contribution in [2.75, 3.05) is 5.32 Å². The number of nitrogens with one attached hydrogen (secondary N) is 2. The van der Waals surface area contributed by atoms with Crippen LogP contribution in [0.5, 0.6) is 0 Å². The topological polar surface area (TPSA) is 58.2 Å². The molecule has 136 valence electrons. The first-order chi connectivity index (χ1) is 13.2. The Labute approximate surface area is 162 Å². The van der Waals surface area contributed by atoms with E-state index in [1.54, 1.807) is 18.2 Å². The molecule has 1 aliphatic rings. The third kappa shape index (κ3) is 4.09. The van der Waals surface area contributed by atoms with Crippen LogP contribution in [0.3, 0.4) is 0 Å². The van der Waals surface area contributed by atoms with E-state index in [0.717, 1.165) is 24.1 Å². The second-order valence-corrected chi connectivity index (χ2v) is 7.60. The van der Waals surface area contributed by atoms with Gasteiger partial charge in [-0.2, -0.15) is 0 Å². The highest BCUT2D eigenvalue weighted by atomic mass is 32.1. The summed E-state index contributed by atoms with van der Waals surface area (Å²) in [5.74, 6) is -0.203. The second-order valence-electron chi connectivity index (χ2n) is 6.65. The lowest BCUT2D eigenvalue weighted by Crippen LogP contribution is -2.21. The standard InChI is InChI=1S/C22H20N2O2S/c25-21(24-19-11-10-16-3-1-4-18(16)13-19)17-8-6-15(7-9-17)14-23-22(26)20-5-2-12-27-20/h2,5-13H,1,3-4,14H2,(H,23,26)(H,24,25). The summed E-state index contributed by atoms with van der Waals surface area (Å²) in [4.78, 5) is 25.1. The highest BCUT2D eigenvalue weighted by Gasteiger charge is 2.13. The van der Waals surface area contributed by atoms with Crippen molar-refractivity contribution in [3.8, 4) is 0 Å². The van der Waals surface area contributed by atoms with E-state index in [-0.39, 0.29) is 11.8 Å². The Balaban J connectivity index is 1.35. The number of thiophene rings is 1. The summed E-state index contributed by atoms with van der Waals surface area (Å²) in [6, 6.07) is 17.1. The van der Waals surface area contributed by atoms with Gasteiger partial charge in [-0.05, 0) is 71.7 Å². The smallest absolute Gasteiger partial charge is 0.261 e. The average molecular weight is 376 g/mol. The average Bonchev–Trinajstić information content (AvgIpc) is 3.38. The molecule has 0 radical (unpaired) electrons. The summed E-state index contributed by atoms with van der Waals surface area (Å²) in [5.41, 5.74) is 5.12. The van der Waals surface area contributed by atoms with Crippen molar-refractivity contribution in [2.45, 2.75) is 25.8 Å². The quantitative estimate of drug-likeness (QED) is 0.693. The van der Waals surface area contributed by atoms with Crippen molar-refractivity contribution in [3.05, 3.63) is 87.1 Å². The van der Waals surface area contributed by atoms with Gasteiger partial charge in [0, 0.05) is 17.8 Å². The van der Waals surface area contributed by atoms with Crippen molar-refractivity contribution in [2.24, 2.45) is 0 Å². The molecule has 0 fully saturated rings. The first kappa shape index (κ1) is 17.5. The number of aryl methyl sites for hydroxylation is 2. The first-order valence-electron chi connectivity index (χ1n) is 9.03. The summed E-state index contributed by atoms with van der Waals surface area (Å²) in [5, 5.41) is 7.73. The number of hydrogen-bond donors (Lipinski definition) is 2. The van der Waals surface area contributed by atoms with Gasteiger partial charge in [0.15, 0.2) is 0 Å². The fourth-order valence-corrected chi connectivity index (χ4v) is 3.94. The maximum atomic E-state index is 12.5. The maximum absolute atomic E-state index is 12.5. The molecule has 0 bridgehead atoms. The Morgan fingerprint density at radius 3 is 2.52 bits per heavy atom. The van der Waals surface area contributed by atoms with E-state index in [9.17, 15) is 9.59 Å². The molecular weight excluding hydrogens is 356 g/mol. The molecule has 27 heavy (non-hydrogen) atoms. The molecule has 1 aromatic heterocycles. The van der Waals surface area contributed by atoms with E-state index in [1.165, 1.54) is 28.9 Å². The van der Waals surface area contributed by atoms with E-state index in [4.69, 9.17) is 0 Å². The van der Waals surface area contributed by atoms with E-state index < -0.39 is 0 Å². The number of hydrogen-bond acceptors (Lipinski definition) is 3. The first-order valence-corrected chi connectivity index (χ1v) is 9.91. The van der Waals surface area contributed by atoms with Crippen LogP contribution < -0.4 is 10.6 Å². The van der Waals surface area contributed by atoms with Crippen LogP contribution in [0.25, 0.3) is 0 Å². The summed E-state index contributed by atoms with van der Waals surface area (Å²) < 4.78 is 0. The Bertz CT molecular complexity index is 962. The van der Waals surface area contributed by atoms with Crippen LogP contribution in [-0.2, 0) is 19.4 Å². The third-order valence-corrected chi connectivity index (χ3v) is 5.64. The maximum Gasteiger partial charge on any atom is 0.261 e. The molecule has 5 heteroatoms. The molecule has 2 aromatic carbocycles. The van der Waals surface area contributed by atoms with Crippen LogP contribution in [0.1, 0.15) is 43.1 Å². The Kier molecular flexibility index (Phi) is 5.03. The minimum Gasteiger partial charge on any atom is -0.347 e. The van der Waals surface area contributed by atoms with Crippen molar-refractivity contribution in [1.29, 1.82) is 0 Å². The molecule has 0 atom stereocenters. The predicted octanol–water partition coefficient (Wildman–Crippen LogP) is 4.42. The summed E-state index contributed by atoms with van der Waals surface area (Å²) in [6.45, 7) is 0.434. The van der Waals surface area contributed by atoms with Gasteiger partial charge in [0.1, 0.15) is 0 Å². The van der Waals surface area contributed by atoms with Gasteiger partial charge in [-0.1, -0.05) is 24.3 Å². The van der Waals surface area contributed by atoms with Crippen LogP contribution in [0, 0.1) is 0 Å². The highest BCUT2D eigenvalue weighted by Crippen LogP contribution is 2.25. The molecule has 0 saturated carbocycles. The summed E-state index contributed by atoms with van der Waals surface area (Å²) in [7, 11) is 0. The van der Waals surface area contributed by atoms with E-state index in [0.29, 0.717) is 17.0 Å². The number of carbonyl (C=O) groups is 2. The lowest BCUT2D eigenvalue weighted by molar-refractivity contribution is 0.0953. The van der Waals surface area contributed by atoms with E-state index in [2.05, 4.69) is 22.8 Å². The lowest BCUT2D eigenvalue weighted by Gasteiger charge is -2.09. The molecule has 3 aromatic rings. The fraction of sp³-hybridized carbons (Fsp3) is 0.182. The number of amides is 2. The molecule has 4 nitrogen and oxygen atoms in total. The van der Waals surface area contributed by atoms with Gasteiger partial charge in [0.2, 0.25) is 0 Å². The largest absolute Gasteiger partial charge is 0.347 e. The Morgan fingerprint density at radius 2 is 1.74 bits per heavy atom. The van der Waals surface area contributed by atoms with Crippen molar-refractivity contribution in [1.82, 2.24) is 5.32 Å². The summed E-state index contributed by atoms with van der Waals surface area (Å²) in [6.07, 6.45) is 3.41. The molecule has 1 aliphatic carbocycles. The molecule has 2 N–H and O–H groups in total. The van der Waals surface area contributed by atoms with Crippen LogP contribution >= 0.6 is 11.3 Å². The van der Waals surface area contributed by atoms with Crippen LogP contribution in [0.4, 0.5) is 5.69 Å². The number of carbonyl (C=O) groups excluding carboxylic acids is 2. The molecule has 4 rings (SSSR count). The second kappa shape index (κ2) is 7.76. The van der Waals surface area contributed by atoms with E-state index >= 15 is 0 Å². The van der Waals surface area contributed by atoms with Gasteiger partial charge in [-0.3, -0.25) is 9.59 Å². The fourth-order valence-electron chi connectivity index (χ4n) is 3.30. The number of fused-ring (bicyclic) bond motifs is 1. The predicted molar refractivity (Wildman–Crippen MR) is 108 cm³/mol. The number of rotatable bonds is 5. The van der Waals surface area contributed by atoms with Gasteiger partial charge in [-0.15, -0.1) is 11.3 Å². The van der Waals surface area contributed by atoms with Gasteiger partial charge in [0.05, 0.1) is 4.88 Å². The van der Waals surface area contributed by atoms with Gasteiger partial charge in [-0.25, -0.2) is 0 Å². The number of benzene rings is 2. The zero-order chi connectivity index (χ0) is 18.6. The van der Waals surface area contributed by atoms with Crippen molar-refractivity contribution >= 4 is 28.8 Å². The SMILES string of the molecule is O=C(Nc1ccc2c(c1)CCC2)c1ccc(CNC(=O)c2cccs2)cc1. The van der Waals surface area contributed by atoms with Gasteiger partial charge in [0.25, 0.3) is 11.8 Å². The Morgan fingerprint density at radius 1 is 0.926 bits per heavy atom. The monoisotopic (exact) mass is 376 g/mol. The zero-order valence-corrected chi connectivity index (χ0v) is 15.6. The lowest BCUT2D eigenvalue weighted by atomic mass is 10.1. The molecule has 0 aliphatic heterocycles.